The molecule has 0 amide bonds. The van der Waals surface area contributed by atoms with Crippen molar-refractivity contribution in [1.29, 1.82) is 0 Å². The van der Waals surface area contributed by atoms with Crippen LogP contribution >= 0.6 is 0 Å². The molecule has 2 aromatic rings. The van der Waals surface area contributed by atoms with Crippen LogP contribution in [0.1, 0.15) is 101 Å². The number of allylic oxidation sites excluding steroid dienone is 4. The van der Waals surface area contributed by atoms with Crippen LogP contribution in [-0.2, 0) is 0 Å². The summed E-state index contributed by atoms with van der Waals surface area (Å²) in [5.41, 5.74) is 7.03. The van der Waals surface area contributed by atoms with Gasteiger partial charge in [-0.15, -0.1) is 0 Å². The molecule has 1 N–H and O–H groups in total. The molecule has 0 aliphatic carbocycles. The Morgan fingerprint density at radius 2 is 1.38 bits per heavy atom. The van der Waals surface area contributed by atoms with Gasteiger partial charge in [0.15, 0.2) is 0 Å². The zero-order chi connectivity index (χ0) is 23.8. The van der Waals surface area contributed by atoms with Gasteiger partial charge in [0.1, 0.15) is 17.2 Å². The highest BCUT2D eigenvalue weighted by Gasteiger charge is 2.17. The van der Waals surface area contributed by atoms with E-state index in [2.05, 4.69) is 78.8 Å². The van der Waals surface area contributed by atoms with E-state index in [4.69, 9.17) is 4.74 Å². The molecule has 0 saturated heterocycles. The molecule has 2 heteroatoms. The van der Waals surface area contributed by atoms with E-state index in [1.807, 2.05) is 19.1 Å². The van der Waals surface area contributed by atoms with Gasteiger partial charge >= 0.3 is 0 Å². The summed E-state index contributed by atoms with van der Waals surface area (Å²) in [6, 6.07) is 10.4. The summed E-state index contributed by atoms with van der Waals surface area (Å²) in [5.74, 6) is 2.77. The lowest BCUT2D eigenvalue weighted by molar-refractivity contribution is 0.444. The molecule has 2 rings (SSSR count). The normalized spacial score (nSPS) is 12.8. The van der Waals surface area contributed by atoms with Crippen LogP contribution in [0.3, 0.4) is 0 Å². The highest BCUT2D eigenvalue weighted by atomic mass is 16.5. The molecular formula is C30H42O2. The van der Waals surface area contributed by atoms with Crippen molar-refractivity contribution in [3.63, 3.8) is 0 Å². The molecule has 0 spiro atoms. The molecule has 0 bridgehead atoms. The van der Waals surface area contributed by atoms with Gasteiger partial charge in [-0.1, -0.05) is 49.3 Å². The van der Waals surface area contributed by atoms with Crippen LogP contribution in [0.2, 0.25) is 0 Å². The predicted molar refractivity (Wildman–Crippen MR) is 138 cm³/mol. The average Bonchev–Trinajstić information content (AvgIpc) is 2.69. The van der Waals surface area contributed by atoms with Gasteiger partial charge in [-0.25, -0.2) is 0 Å². The van der Waals surface area contributed by atoms with Gasteiger partial charge in [-0.3, -0.25) is 0 Å². The summed E-state index contributed by atoms with van der Waals surface area (Å²) in [5, 5.41) is 10.6. The Morgan fingerprint density at radius 3 is 1.94 bits per heavy atom. The number of hydrogen-bond acceptors (Lipinski definition) is 2. The van der Waals surface area contributed by atoms with Crippen LogP contribution in [-0.4, -0.2) is 5.11 Å². The van der Waals surface area contributed by atoms with E-state index in [1.165, 1.54) is 22.3 Å². The zero-order valence-corrected chi connectivity index (χ0v) is 21.4. The van der Waals surface area contributed by atoms with Crippen LogP contribution < -0.4 is 4.74 Å². The molecule has 0 aliphatic heterocycles. The van der Waals surface area contributed by atoms with Crippen molar-refractivity contribution in [3.05, 3.63) is 75.9 Å². The highest BCUT2D eigenvalue weighted by Crippen LogP contribution is 2.39. The second kappa shape index (κ2) is 11.9. The van der Waals surface area contributed by atoms with Gasteiger partial charge < -0.3 is 9.84 Å². The second-order valence-electron chi connectivity index (χ2n) is 9.84. The third-order valence-electron chi connectivity index (χ3n) is 6.08. The molecule has 0 fully saturated rings. The minimum absolute atomic E-state index is 0.258. The summed E-state index contributed by atoms with van der Waals surface area (Å²) >= 11 is 0. The van der Waals surface area contributed by atoms with Crippen LogP contribution in [0.15, 0.2) is 53.6 Å². The third-order valence-corrected chi connectivity index (χ3v) is 6.08. The fourth-order valence-electron chi connectivity index (χ4n) is 4.00. The molecule has 0 heterocycles. The third kappa shape index (κ3) is 7.58. The van der Waals surface area contributed by atoms with Gasteiger partial charge in [-0.2, -0.15) is 0 Å². The topological polar surface area (TPSA) is 29.5 Å². The molecule has 32 heavy (non-hydrogen) atoms. The van der Waals surface area contributed by atoms with Crippen molar-refractivity contribution in [2.24, 2.45) is 0 Å². The standard InChI is InChI=1S/C30H42O2/c1-20(2)11-9-13-23(6)26-16-15-22(5)17-30(26)32-29-19-27(28(31)18-25(29)8)24(7)14-10-12-21(3)4/h11-12,15-19,23-24,31H,9-10,13-14H2,1-8H3/t23-,24-/m0/s1. The van der Waals surface area contributed by atoms with Crippen LogP contribution in [0.4, 0.5) is 0 Å². The molecule has 0 aromatic heterocycles. The van der Waals surface area contributed by atoms with Crippen molar-refractivity contribution in [3.8, 4) is 17.2 Å². The maximum atomic E-state index is 10.6. The fraction of sp³-hybridized carbons (Fsp3) is 0.467. The van der Waals surface area contributed by atoms with E-state index < -0.39 is 0 Å². The smallest absolute Gasteiger partial charge is 0.131 e. The van der Waals surface area contributed by atoms with E-state index in [1.54, 1.807) is 0 Å². The van der Waals surface area contributed by atoms with Gasteiger partial charge in [0.25, 0.3) is 0 Å². The number of phenolic OH excluding ortho intramolecular Hbond substituents is 1. The lowest BCUT2D eigenvalue weighted by Crippen LogP contribution is -2.01. The van der Waals surface area contributed by atoms with Crippen molar-refractivity contribution in [2.45, 2.75) is 92.9 Å². The van der Waals surface area contributed by atoms with Gasteiger partial charge in [-0.05, 0) is 114 Å². The number of aryl methyl sites for hydroxylation is 2. The maximum Gasteiger partial charge on any atom is 0.131 e. The van der Waals surface area contributed by atoms with Gasteiger partial charge in [0, 0.05) is 5.56 Å². The Kier molecular flexibility index (Phi) is 9.62. The number of benzene rings is 2. The maximum absolute atomic E-state index is 10.6. The van der Waals surface area contributed by atoms with Crippen molar-refractivity contribution in [2.75, 3.05) is 0 Å². The minimum atomic E-state index is 0.258. The Balaban J connectivity index is 2.30. The molecule has 2 atom stereocenters. The second-order valence-corrected chi connectivity index (χ2v) is 9.84. The molecule has 2 nitrogen and oxygen atoms in total. The van der Waals surface area contributed by atoms with E-state index >= 15 is 0 Å². The predicted octanol–water partition coefficient (Wildman–Crippen LogP) is 9.50. The molecule has 0 unspecified atom stereocenters. The minimum Gasteiger partial charge on any atom is -0.508 e. The number of rotatable bonds is 10. The SMILES string of the molecule is CC(C)=CCC[C@H](C)c1cc(Oc2cc(C)ccc2[C@@H](C)CCC=C(C)C)c(C)cc1O. The van der Waals surface area contributed by atoms with E-state index in [0.29, 0.717) is 11.7 Å². The Morgan fingerprint density at radius 1 is 0.812 bits per heavy atom. The summed E-state index contributed by atoms with van der Waals surface area (Å²) in [6.07, 6.45) is 8.73. The van der Waals surface area contributed by atoms with Crippen molar-refractivity contribution in [1.82, 2.24) is 0 Å². The van der Waals surface area contributed by atoms with Crippen molar-refractivity contribution >= 4 is 0 Å². The number of phenols is 1. The number of hydrogen-bond donors (Lipinski definition) is 1. The summed E-state index contributed by atoms with van der Waals surface area (Å²) in [7, 11) is 0. The summed E-state index contributed by atoms with van der Waals surface area (Å²) in [4.78, 5) is 0. The van der Waals surface area contributed by atoms with Crippen LogP contribution in [0, 0.1) is 13.8 Å². The number of aromatic hydroxyl groups is 1. The summed E-state index contributed by atoms with van der Waals surface area (Å²) in [6.45, 7) is 17.1. The monoisotopic (exact) mass is 434 g/mol. The van der Waals surface area contributed by atoms with Gasteiger partial charge in [0.05, 0.1) is 0 Å². The number of ether oxygens (including phenoxy) is 1. The first-order valence-corrected chi connectivity index (χ1v) is 12.0. The average molecular weight is 435 g/mol. The molecule has 174 valence electrons. The highest BCUT2D eigenvalue weighted by molar-refractivity contribution is 5.50. The molecule has 0 aliphatic rings. The quantitative estimate of drug-likeness (QED) is 0.377. The first-order chi connectivity index (χ1) is 15.1. The fourth-order valence-corrected chi connectivity index (χ4v) is 4.00. The first kappa shape index (κ1) is 25.8. The van der Waals surface area contributed by atoms with E-state index in [9.17, 15) is 5.11 Å². The molecule has 0 saturated carbocycles. The lowest BCUT2D eigenvalue weighted by atomic mass is 9.93. The first-order valence-electron chi connectivity index (χ1n) is 12.0. The van der Waals surface area contributed by atoms with Crippen LogP contribution in [0.5, 0.6) is 17.2 Å². The Bertz CT molecular complexity index is 957. The van der Waals surface area contributed by atoms with Crippen molar-refractivity contribution < 1.29 is 9.84 Å². The van der Waals surface area contributed by atoms with E-state index in [0.717, 1.165) is 48.3 Å². The van der Waals surface area contributed by atoms with Crippen LogP contribution in [0.25, 0.3) is 0 Å². The molecule has 0 radical (unpaired) electrons. The molecular weight excluding hydrogens is 392 g/mol. The van der Waals surface area contributed by atoms with E-state index in [-0.39, 0.29) is 5.92 Å². The summed E-state index contributed by atoms with van der Waals surface area (Å²) < 4.78 is 6.52. The zero-order valence-electron chi connectivity index (χ0n) is 21.4. The Hall–Kier alpha value is -2.48. The Labute approximate surface area is 196 Å². The van der Waals surface area contributed by atoms with Gasteiger partial charge in [0.2, 0.25) is 0 Å². The lowest BCUT2D eigenvalue weighted by Gasteiger charge is -2.20. The largest absolute Gasteiger partial charge is 0.508 e. The molecule has 2 aromatic carbocycles.